The summed E-state index contributed by atoms with van der Waals surface area (Å²) < 4.78 is 0. The standard InChI is InChI=1S/C12H20N4O4/c1-6(2)10(13)11(19)14-5-8(17)15-7-4-9(18)16(3)12(7)20/h6-7,10H,4-5,13H2,1-3H3,(H,14,19)(H,15,17)/t7?,10-/m0/s1. The van der Waals surface area contributed by atoms with Gasteiger partial charge >= 0.3 is 0 Å². The molecule has 0 bridgehead atoms. The highest BCUT2D eigenvalue weighted by atomic mass is 16.2. The number of rotatable bonds is 5. The van der Waals surface area contributed by atoms with Crippen molar-refractivity contribution in [1.29, 1.82) is 0 Å². The summed E-state index contributed by atoms with van der Waals surface area (Å²) in [5.74, 6) is -1.79. The number of likely N-dealkylation sites (N-methyl/N-ethyl adjacent to an activating group) is 1. The van der Waals surface area contributed by atoms with Gasteiger partial charge in [0, 0.05) is 7.05 Å². The lowest BCUT2D eigenvalue weighted by Gasteiger charge is -2.16. The van der Waals surface area contributed by atoms with Crippen molar-refractivity contribution in [2.24, 2.45) is 11.7 Å². The van der Waals surface area contributed by atoms with Crippen molar-refractivity contribution in [3.63, 3.8) is 0 Å². The summed E-state index contributed by atoms with van der Waals surface area (Å²) in [6, 6.07) is -1.54. The van der Waals surface area contributed by atoms with Gasteiger partial charge in [-0.1, -0.05) is 13.8 Å². The molecule has 8 nitrogen and oxygen atoms in total. The van der Waals surface area contributed by atoms with Crippen LogP contribution in [0.2, 0.25) is 0 Å². The lowest BCUT2D eigenvalue weighted by molar-refractivity contribution is -0.138. The molecule has 1 saturated heterocycles. The fourth-order valence-electron chi connectivity index (χ4n) is 1.70. The van der Waals surface area contributed by atoms with Crippen LogP contribution in [-0.2, 0) is 19.2 Å². The zero-order valence-corrected chi connectivity index (χ0v) is 11.8. The largest absolute Gasteiger partial charge is 0.346 e. The minimum absolute atomic E-state index is 0.0410. The number of imide groups is 1. The van der Waals surface area contributed by atoms with Crippen LogP contribution in [0.3, 0.4) is 0 Å². The lowest BCUT2D eigenvalue weighted by Crippen LogP contribution is -2.49. The molecule has 4 N–H and O–H groups in total. The summed E-state index contributed by atoms with van der Waals surface area (Å²) in [5, 5.41) is 4.80. The summed E-state index contributed by atoms with van der Waals surface area (Å²) >= 11 is 0. The number of amides is 4. The third kappa shape index (κ3) is 3.77. The average Bonchev–Trinajstić information content (AvgIpc) is 2.62. The Bertz CT molecular complexity index is 435. The Kier molecular flexibility index (Phi) is 5.20. The van der Waals surface area contributed by atoms with Gasteiger partial charge in [0.05, 0.1) is 19.0 Å². The highest BCUT2D eigenvalue weighted by Gasteiger charge is 2.36. The van der Waals surface area contributed by atoms with Gasteiger partial charge in [-0.15, -0.1) is 0 Å². The van der Waals surface area contributed by atoms with E-state index < -0.39 is 29.8 Å². The Labute approximate surface area is 117 Å². The Balaban J connectivity index is 2.40. The molecule has 1 unspecified atom stereocenters. The molecule has 4 amide bonds. The number of hydrogen-bond acceptors (Lipinski definition) is 5. The van der Waals surface area contributed by atoms with E-state index in [1.54, 1.807) is 13.8 Å². The van der Waals surface area contributed by atoms with Crippen molar-refractivity contribution in [3.8, 4) is 0 Å². The van der Waals surface area contributed by atoms with Crippen molar-refractivity contribution in [2.45, 2.75) is 32.4 Å². The second kappa shape index (κ2) is 6.47. The van der Waals surface area contributed by atoms with Crippen LogP contribution in [0.5, 0.6) is 0 Å². The predicted molar refractivity (Wildman–Crippen MR) is 70.1 cm³/mol. The molecule has 1 heterocycles. The number of nitrogens with zero attached hydrogens (tertiary/aromatic N) is 1. The first-order chi connectivity index (χ1) is 9.23. The molecule has 1 aliphatic heterocycles. The van der Waals surface area contributed by atoms with E-state index in [9.17, 15) is 19.2 Å². The zero-order valence-electron chi connectivity index (χ0n) is 11.8. The second-order valence-electron chi connectivity index (χ2n) is 5.10. The van der Waals surface area contributed by atoms with Crippen molar-refractivity contribution < 1.29 is 19.2 Å². The quantitative estimate of drug-likeness (QED) is 0.502. The van der Waals surface area contributed by atoms with Gasteiger partial charge in [0.15, 0.2) is 0 Å². The number of carbonyl (C=O) groups excluding carboxylic acids is 4. The molecule has 1 fully saturated rings. The van der Waals surface area contributed by atoms with Gasteiger partial charge in [0.1, 0.15) is 6.04 Å². The van der Waals surface area contributed by atoms with Crippen molar-refractivity contribution in [2.75, 3.05) is 13.6 Å². The maximum Gasteiger partial charge on any atom is 0.252 e. The summed E-state index contributed by atoms with van der Waals surface area (Å²) in [4.78, 5) is 47.0. The van der Waals surface area contributed by atoms with E-state index in [0.717, 1.165) is 4.90 Å². The first-order valence-corrected chi connectivity index (χ1v) is 6.37. The minimum atomic E-state index is -0.851. The van der Waals surface area contributed by atoms with Crippen LogP contribution in [0.25, 0.3) is 0 Å². The molecule has 20 heavy (non-hydrogen) atoms. The van der Waals surface area contributed by atoms with Crippen LogP contribution in [0.1, 0.15) is 20.3 Å². The van der Waals surface area contributed by atoms with Crippen LogP contribution in [0.15, 0.2) is 0 Å². The van der Waals surface area contributed by atoms with Crippen LogP contribution in [0, 0.1) is 5.92 Å². The molecule has 0 aromatic carbocycles. The molecule has 0 saturated carbocycles. The number of nitrogens with one attached hydrogen (secondary N) is 2. The van der Waals surface area contributed by atoms with Gasteiger partial charge in [-0.2, -0.15) is 0 Å². The predicted octanol–water partition coefficient (Wildman–Crippen LogP) is -2.04. The normalized spacial score (nSPS) is 20.2. The van der Waals surface area contributed by atoms with Gasteiger partial charge in [-0.25, -0.2) is 0 Å². The molecule has 0 aromatic heterocycles. The summed E-state index contributed by atoms with van der Waals surface area (Å²) in [6.07, 6.45) is -0.0550. The Morgan fingerprint density at radius 3 is 2.45 bits per heavy atom. The third-order valence-corrected chi connectivity index (χ3v) is 3.16. The number of hydrogen-bond donors (Lipinski definition) is 3. The van der Waals surface area contributed by atoms with Crippen molar-refractivity contribution in [3.05, 3.63) is 0 Å². The second-order valence-corrected chi connectivity index (χ2v) is 5.10. The summed E-state index contributed by atoms with van der Waals surface area (Å²) in [6.45, 7) is 3.31. The van der Waals surface area contributed by atoms with E-state index in [4.69, 9.17) is 5.73 Å². The molecule has 0 spiro atoms. The number of nitrogens with two attached hydrogens (primary N) is 1. The minimum Gasteiger partial charge on any atom is -0.346 e. The molecule has 0 aromatic rings. The Morgan fingerprint density at radius 1 is 1.40 bits per heavy atom. The third-order valence-electron chi connectivity index (χ3n) is 3.16. The SMILES string of the molecule is CC(C)[C@H](N)C(=O)NCC(=O)NC1CC(=O)N(C)C1=O. The molecule has 0 radical (unpaired) electrons. The van der Waals surface area contributed by atoms with Crippen LogP contribution in [-0.4, -0.2) is 54.2 Å². The van der Waals surface area contributed by atoms with Crippen LogP contribution >= 0.6 is 0 Å². The topological polar surface area (TPSA) is 122 Å². The number of carbonyl (C=O) groups is 4. The van der Waals surface area contributed by atoms with E-state index >= 15 is 0 Å². The first-order valence-electron chi connectivity index (χ1n) is 6.37. The number of likely N-dealkylation sites (tertiary alicyclic amines) is 1. The van der Waals surface area contributed by atoms with E-state index in [-0.39, 0.29) is 24.8 Å². The van der Waals surface area contributed by atoms with Gasteiger partial charge in [-0.05, 0) is 5.92 Å². The molecule has 1 rings (SSSR count). The molecular weight excluding hydrogens is 264 g/mol. The maximum absolute atomic E-state index is 11.6. The fraction of sp³-hybridized carbons (Fsp3) is 0.667. The Hall–Kier alpha value is -1.96. The van der Waals surface area contributed by atoms with Crippen LogP contribution in [0.4, 0.5) is 0 Å². The highest BCUT2D eigenvalue weighted by molar-refractivity contribution is 6.06. The first kappa shape index (κ1) is 16.1. The Morgan fingerprint density at radius 2 is 2.00 bits per heavy atom. The van der Waals surface area contributed by atoms with Crippen molar-refractivity contribution >= 4 is 23.6 Å². The highest BCUT2D eigenvalue weighted by Crippen LogP contribution is 2.10. The molecule has 0 aliphatic carbocycles. The molecule has 2 atom stereocenters. The van der Waals surface area contributed by atoms with E-state index in [2.05, 4.69) is 10.6 Å². The van der Waals surface area contributed by atoms with E-state index in [1.165, 1.54) is 7.05 Å². The fourth-order valence-corrected chi connectivity index (χ4v) is 1.70. The summed E-state index contributed by atoms with van der Waals surface area (Å²) in [5.41, 5.74) is 5.62. The lowest BCUT2D eigenvalue weighted by atomic mass is 10.1. The smallest absolute Gasteiger partial charge is 0.252 e. The molecule has 1 aliphatic rings. The monoisotopic (exact) mass is 284 g/mol. The van der Waals surface area contributed by atoms with Gasteiger partial charge in [-0.3, -0.25) is 24.1 Å². The maximum atomic E-state index is 11.6. The average molecular weight is 284 g/mol. The van der Waals surface area contributed by atoms with Crippen molar-refractivity contribution in [1.82, 2.24) is 15.5 Å². The van der Waals surface area contributed by atoms with Crippen LogP contribution < -0.4 is 16.4 Å². The molecule has 112 valence electrons. The van der Waals surface area contributed by atoms with Gasteiger partial charge in [0.2, 0.25) is 17.7 Å². The molecular formula is C12H20N4O4. The summed E-state index contributed by atoms with van der Waals surface area (Å²) in [7, 11) is 1.36. The zero-order chi connectivity index (χ0) is 15.4. The van der Waals surface area contributed by atoms with E-state index in [1.807, 2.05) is 0 Å². The van der Waals surface area contributed by atoms with Gasteiger partial charge in [0.25, 0.3) is 5.91 Å². The van der Waals surface area contributed by atoms with Gasteiger partial charge < -0.3 is 16.4 Å². The van der Waals surface area contributed by atoms with E-state index in [0.29, 0.717) is 0 Å². The molecule has 8 heteroatoms.